The topological polar surface area (TPSA) is 37.8 Å². The number of thiophene rings is 1. The molecule has 2 heterocycles. The van der Waals surface area contributed by atoms with Gasteiger partial charge < -0.3 is 4.98 Å². The van der Waals surface area contributed by atoms with Crippen molar-refractivity contribution in [1.82, 2.24) is 9.55 Å². The highest BCUT2D eigenvalue weighted by Crippen LogP contribution is 2.18. The van der Waals surface area contributed by atoms with Crippen LogP contribution in [0, 0.1) is 18.6 Å². The fourth-order valence-corrected chi connectivity index (χ4v) is 3.25. The van der Waals surface area contributed by atoms with Crippen molar-refractivity contribution in [3.63, 3.8) is 0 Å². The van der Waals surface area contributed by atoms with Gasteiger partial charge in [-0.15, -0.1) is 11.3 Å². The number of benzene rings is 1. The summed E-state index contributed by atoms with van der Waals surface area (Å²) < 4.78 is 2.01. The number of aromatic nitrogens is 2. The second-order valence-electron chi connectivity index (χ2n) is 4.52. The maximum absolute atomic E-state index is 12.6. The van der Waals surface area contributed by atoms with Gasteiger partial charge in [-0.05, 0) is 54.7 Å². The molecule has 0 bridgehead atoms. The lowest BCUT2D eigenvalue weighted by Crippen LogP contribution is -2.20. The molecule has 96 valence electrons. The van der Waals surface area contributed by atoms with Crippen LogP contribution in [0.3, 0.4) is 0 Å². The van der Waals surface area contributed by atoms with Gasteiger partial charge in [0, 0.05) is 0 Å². The summed E-state index contributed by atoms with van der Waals surface area (Å²) in [5.74, 6) is 0. The lowest BCUT2D eigenvalue weighted by molar-refractivity contribution is 0.932. The van der Waals surface area contributed by atoms with Crippen LogP contribution in [0.4, 0.5) is 0 Å². The van der Waals surface area contributed by atoms with Crippen molar-refractivity contribution in [1.29, 1.82) is 0 Å². The lowest BCUT2D eigenvalue weighted by Gasteiger charge is -2.10. The van der Waals surface area contributed by atoms with Gasteiger partial charge in [0.05, 0.1) is 11.1 Å². The largest absolute Gasteiger partial charge is 0.323 e. The number of nitrogens with one attached hydrogen (secondary N) is 1. The predicted octanol–water partition coefficient (Wildman–Crippen LogP) is 3.73. The summed E-state index contributed by atoms with van der Waals surface area (Å²) in [5.41, 5.74) is 2.92. The number of hydrogen-bond acceptors (Lipinski definition) is 3. The summed E-state index contributed by atoms with van der Waals surface area (Å²) >= 11 is 6.82. The van der Waals surface area contributed by atoms with Crippen LogP contribution >= 0.6 is 23.6 Å². The highest BCUT2D eigenvalue weighted by atomic mass is 32.1. The third kappa shape index (κ3) is 1.95. The Hall–Kier alpha value is -1.72. The zero-order chi connectivity index (χ0) is 13.6. The molecule has 2 aromatic heterocycles. The summed E-state index contributed by atoms with van der Waals surface area (Å²) in [5, 5.41) is 2.57. The van der Waals surface area contributed by atoms with E-state index in [2.05, 4.69) is 4.98 Å². The lowest BCUT2D eigenvalue weighted by atomic mass is 10.1. The minimum Gasteiger partial charge on any atom is -0.323 e. The Morgan fingerprint density at radius 3 is 2.84 bits per heavy atom. The van der Waals surface area contributed by atoms with Crippen molar-refractivity contribution < 1.29 is 0 Å². The van der Waals surface area contributed by atoms with Crippen molar-refractivity contribution in [2.75, 3.05) is 0 Å². The van der Waals surface area contributed by atoms with Gasteiger partial charge in [-0.2, -0.15) is 0 Å². The van der Waals surface area contributed by atoms with Crippen LogP contribution in [0.2, 0.25) is 0 Å². The van der Waals surface area contributed by atoms with E-state index in [-0.39, 0.29) is 5.56 Å². The standard InChI is InChI=1S/C14H12N2OS2/c1-8-3-4-9(2)11(7-8)16-13(17)10-5-6-19-12(10)15-14(16)18/h3-7H,1-2H3,(H,15,18). The Bertz CT molecular complexity index is 886. The first-order chi connectivity index (χ1) is 9.08. The molecule has 1 N–H and O–H groups in total. The molecule has 5 heteroatoms. The fraction of sp³-hybridized carbons (Fsp3) is 0.143. The molecule has 0 aliphatic heterocycles. The Kier molecular flexibility index (Phi) is 2.88. The molecular formula is C14H12N2OS2. The molecule has 0 radical (unpaired) electrons. The quantitative estimate of drug-likeness (QED) is 0.693. The molecule has 0 atom stereocenters. The third-order valence-electron chi connectivity index (χ3n) is 3.13. The maximum Gasteiger partial charge on any atom is 0.267 e. The van der Waals surface area contributed by atoms with Crippen molar-refractivity contribution in [3.05, 3.63) is 55.9 Å². The smallest absolute Gasteiger partial charge is 0.267 e. The van der Waals surface area contributed by atoms with Gasteiger partial charge in [0.2, 0.25) is 0 Å². The molecule has 0 aliphatic rings. The Morgan fingerprint density at radius 2 is 2.05 bits per heavy atom. The molecule has 0 spiro atoms. The van der Waals surface area contributed by atoms with Gasteiger partial charge in [-0.3, -0.25) is 9.36 Å². The molecule has 0 amide bonds. The maximum atomic E-state index is 12.6. The molecule has 3 aromatic rings. The highest BCUT2D eigenvalue weighted by Gasteiger charge is 2.10. The molecule has 3 nitrogen and oxygen atoms in total. The Labute approximate surface area is 119 Å². The minimum atomic E-state index is -0.0614. The van der Waals surface area contributed by atoms with E-state index in [0.717, 1.165) is 21.6 Å². The van der Waals surface area contributed by atoms with Crippen LogP contribution in [0.25, 0.3) is 15.9 Å². The summed E-state index contributed by atoms with van der Waals surface area (Å²) in [4.78, 5) is 16.5. The molecule has 3 rings (SSSR count). The molecule has 1 aromatic carbocycles. The average molecular weight is 288 g/mol. The van der Waals surface area contributed by atoms with E-state index in [1.807, 2.05) is 43.5 Å². The van der Waals surface area contributed by atoms with Crippen molar-refractivity contribution in [2.24, 2.45) is 0 Å². The van der Waals surface area contributed by atoms with E-state index in [1.54, 1.807) is 4.57 Å². The monoisotopic (exact) mass is 288 g/mol. The number of rotatable bonds is 1. The first kappa shape index (κ1) is 12.3. The van der Waals surface area contributed by atoms with Crippen molar-refractivity contribution in [2.45, 2.75) is 13.8 Å². The second kappa shape index (κ2) is 4.43. The third-order valence-corrected chi connectivity index (χ3v) is 4.24. The van der Waals surface area contributed by atoms with Gasteiger partial charge in [-0.25, -0.2) is 0 Å². The van der Waals surface area contributed by atoms with E-state index < -0.39 is 0 Å². The fourth-order valence-electron chi connectivity index (χ4n) is 2.12. The van der Waals surface area contributed by atoms with Gasteiger partial charge in [0.15, 0.2) is 4.77 Å². The van der Waals surface area contributed by atoms with E-state index in [9.17, 15) is 4.79 Å². The van der Waals surface area contributed by atoms with E-state index in [4.69, 9.17) is 12.2 Å². The van der Waals surface area contributed by atoms with E-state index in [0.29, 0.717) is 10.2 Å². The second-order valence-corrected chi connectivity index (χ2v) is 5.83. The van der Waals surface area contributed by atoms with E-state index >= 15 is 0 Å². The SMILES string of the molecule is Cc1ccc(C)c(-n2c(=S)[nH]c3sccc3c2=O)c1. The number of H-pyrrole nitrogens is 1. The Balaban J connectivity index is 2.46. The summed E-state index contributed by atoms with van der Waals surface area (Å²) in [6, 6.07) is 7.84. The van der Waals surface area contributed by atoms with Crippen LogP contribution in [0.5, 0.6) is 0 Å². The van der Waals surface area contributed by atoms with Crippen LogP contribution < -0.4 is 5.56 Å². The molecule has 0 saturated heterocycles. The number of aromatic amines is 1. The zero-order valence-electron chi connectivity index (χ0n) is 10.6. The van der Waals surface area contributed by atoms with Gasteiger partial charge in [-0.1, -0.05) is 12.1 Å². The zero-order valence-corrected chi connectivity index (χ0v) is 12.2. The van der Waals surface area contributed by atoms with Crippen LogP contribution in [0.1, 0.15) is 11.1 Å². The summed E-state index contributed by atoms with van der Waals surface area (Å²) in [7, 11) is 0. The van der Waals surface area contributed by atoms with Crippen molar-refractivity contribution >= 4 is 33.8 Å². The van der Waals surface area contributed by atoms with Gasteiger partial charge in [0.25, 0.3) is 5.56 Å². The highest BCUT2D eigenvalue weighted by molar-refractivity contribution is 7.71. The predicted molar refractivity (Wildman–Crippen MR) is 82.1 cm³/mol. The minimum absolute atomic E-state index is 0.0614. The average Bonchev–Trinajstić information content (AvgIpc) is 2.82. The number of fused-ring (bicyclic) bond motifs is 1. The molecular weight excluding hydrogens is 276 g/mol. The van der Waals surface area contributed by atoms with Crippen LogP contribution in [-0.4, -0.2) is 9.55 Å². The van der Waals surface area contributed by atoms with Gasteiger partial charge >= 0.3 is 0 Å². The normalized spacial score (nSPS) is 11.1. The van der Waals surface area contributed by atoms with Crippen LogP contribution in [-0.2, 0) is 0 Å². The van der Waals surface area contributed by atoms with Crippen LogP contribution in [0.15, 0.2) is 34.4 Å². The molecule has 0 fully saturated rings. The molecule has 0 unspecified atom stereocenters. The number of aryl methyl sites for hydroxylation is 2. The van der Waals surface area contributed by atoms with E-state index in [1.165, 1.54) is 11.3 Å². The summed E-state index contributed by atoms with van der Waals surface area (Å²) in [6.45, 7) is 3.98. The first-order valence-electron chi connectivity index (χ1n) is 5.88. The number of hydrogen-bond donors (Lipinski definition) is 1. The molecule has 19 heavy (non-hydrogen) atoms. The van der Waals surface area contributed by atoms with Crippen molar-refractivity contribution in [3.8, 4) is 5.69 Å². The summed E-state index contributed by atoms with van der Waals surface area (Å²) in [6.07, 6.45) is 0. The number of nitrogens with zero attached hydrogens (tertiary/aromatic N) is 1. The first-order valence-corrected chi connectivity index (χ1v) is 7.17. The Morgan fingerprint density at radius 1 is 1.26 bits per heavy atom. The molecule has 0 saturated carbocycles. The van der Waals surface area contributed by atoms with Gasteiger partial charge in [0.1, 0.15) is 4.83 Å². The molecule has 0 aliphatic carbocycles.